The second-order valence-electron chi connectivity index (χ2n) is 6.17. The number of pyridine rings is 2. The number of aliphatic imine (C=N–C) groups is 2. The van der Waals surface area contributed by atoms with Crippen molar-refractivity contribution in [1.82, 2.24) is 14.9 Å². The van der Waals surface area contributed by atoms with Crippen molar-refractivity contribution in [1.29, 1.82) is 0 Å². The fourth-order valence-corrected chi connectivity index (χ4v) is 3.02. The SMILES string of the molecule is O=C(O)CCc1ccc2c(n1)N=C(/C=C(\O)c1cccnc1)N1CCN=C21. The largest absolute Gasteiger partial charge is 0.507 e. The summed E-state index contributed by atoms with van der Waals surface area (Å²) < 4.78 is 0. The number of aryl methyl sites for hydroxylation is 1. The van der Waals surface area contributed by atoms with Crippen molar-refractivity contribution in [2.75, 3.05) is 13.1 Å². The van der Waals surface area contributed by atoms with Crippen LogP contribution in [-0.2, 0) is 11.2 Å². The van der Waals surface area contributed by atoms with E-state index in [1.807, 2.05) is 17.0 Å². The molecule has 2 N–H and O–H groups in total. The molecule has 0 spiro atoms. The number of hydrogen-bond donors (Lipinski definition) is 2. The van der Waals surface area contributed by atoms with Crippen LogP contribution in [0.15, 0.2) is 52.7 Å². The molecule has 0 aliphatic carbocycles. The van der Waals surface area contributed by atoms with Crippen LogP contribution < -0.4 is 0 Å². The van der Waals surface area contributed by atoms with Gasteiger partial charge < -0.3 is 15.1 Å². The minimum absolute atomic E-state index is 0.0110. The maximum atomic E-state index is 10.8. The molecule has 0 amide bonds. The molecular weight excluding hydrogens is 346 g/mol. The number of carbonyl (C=O) groups is 1. The van der Waals surface area contributed by atoms with E-state index in [1.165, 1.54) is 0 Å². The zero-order valence-corrected chi connectivity index (χ0v) is 14.4. The summed E-state index contributed by atoms with van der Waals surface area (Å²) in [5.74, 6) is 0.985. The van der Waals surface area contributed by atoms with E-state index < -0.39 is 5.97 Å². The van der Waals surface area contributed by atoms with Gasteiger partial charge in [0, 0.05) is 42.7 Å². The maximum absolute atomic E-state index is 10.8. The summed E-state index contributed by atoms with van der Waals surface area (Å²) in [4.78, 5) is 30.4. The van der Waals surface area contributed by atoms with Gasteiger partial charge in [0.05, 0.1) is 18.5 Å². The first-order valence-electron chi connectivity index (χ1n) is 8.55. The predicted octanol–water partition coefficient (Wildman–Crippen LogP) is 2.20. The zero-order chi connectivity index (χ0) is 18.8. The molecule has 2 aromatic rings. The van der Waals surface area contributed by atoms with Crippen molar-refractivity contribution in [3.05, 3.63) is 59.6 Å². The molecule has 0 atom stereocenters. The first-order chi connectivity index (χ1) is 13.1. The fraction of sp³-hybridized carbons (Fsp3) is 0.211. The minimum Gasteiger partial charge on any atom is -0.507 e. The van der Waals surface area contributed by atoms with Gasteiger partial charge in [0.1, 0.15) is 17.4 Å². The van der Waals surface area contributed by atoms with Gasteiger partial charge in [0.15, 0.2) is 5.82 Å². The molecule has 2 aromatic heterocycles. The van der Waals surface area contributed by atoms with Gasteiger partial charge in [-0.3, -0.25) is 14.8 Å². The highest BCUT2D eigenvalue weighted by Crippen LogP contribution is 2.28. The Balaban J connectivity index is 1.72. The smallest absolute Gasteiger partial charge is 0.303 e. The van der Waals surface area contributed by atoms with Crippen LogP contribution in [0.4, 0.5) is 5.82 Å². The van der Waals surface area contributed by atoms with Gasteiger partial charge in [-0.05, 0) is 24.3 Å². The molecular formula is C19H17N5O3. The van der Waals surface area contributed by atoms with Crippen molar-refractivity contribution in [2.45, 2.75) is 12.8 Å². The molecule has 2 aliphatic heterocycles. The lowest BCUT2D eigenvalue weighted by molar-refractivity contribution is -0.136. The highest BCUT2D eigenvalue weighted by molar-refractivity contribution is 6.19. The van der Waals surface area contributed by atoms with E-state index in [-0.39, 0.29) is 12.2 Å². The van der Waals surface area contributed by atoms with E-state index in [4.69, 9.17) is 5.11 Å². The van der Waals surface area contributed by atoms with E-state index in [0.717, 1.165) is 11.4 Å². The number of aliphatic hydroxyl groups is 1. The average molecular weight is 363 g/mol. The summed E-state index contributed by atoms with van der Waals surface area (Å²) in [6, 6.07) is 7.19. The fourth-order valence-electron chi connectivity index (χ4n) is 3.02. The molecule has 136 valence electrons. The molecule has 0 aromatic carbocycles. The standard InChI is InChI=1S/C19H17N5O3/c25-15(12-2-1-7-20-11-12)10-16-23-18-14(19-21-8-9-24(16)19)5-3-13(22-18)4-6-17(26)27/h1-3,5,7,10-11,25H,4,6,8-9H2,(H,26,27)/b15-10-. The van der Waals surface area contributed by atoms with Crippen molar-refractivity contribution < 1.29 is 15.0 Å². The molecule has 8 nitrogen and oxygen atoms in total. The molecule has 0 radical (unpaired) electrons. The van der Waals surface area contributed by atoms with Gasteiger partial charge in [-0.2, -0.15) is 0 Å². The lowest BCUT2D eigenvalue weighted by Crippen LogP contribution is -2.36. The Morgan fingerprint density at radius 1 is 1.26 bits per heavy atom. The summed E-state index contributed by atoms with van der Waals surface area (Å²) in [5.41, 5.74) is 2.06. The first-order valence-corrected chi connectivity index (χ1v) is 8.55. The van der Waals surface area contributed by atoms with E-state index in [2.05, 4.69) is 20.0 Å². The Morgan fingerprint density at radius 2 is 2.15 bits per heavy atom. The van der Waals surface area contributed by atoms with Crippen molar-refractivity contribution in [3.63, 3.8) is 0 Å². The van der Waals surface area contributed by atoms with Crippen LogP contribution in [0.1, 0.15) is 23.2 Å². The van der Waals surface area contributed by atoms with Crippen LogP contribution in [0, 0.1) is 0 Å². The number of hydrogen-bond acceptors (Lipinski definition) is 7. The van der Waals surface area contributed by atoms with E-state index >= 15 is 0 Å². The number of aromatic nitrogens is 2. The van der Waals surface area contributed by atoms with Gasteiger partial charge in [-0.15, -0.1) is 0 Å². The molecule has 0 bridgehead atoms. The molecule has 8 heteroatoms. The van der Waals surface area contributed by atoms with E-state index in [0.29, 0.717) is 42.4 Å². The molecule has 4 heterocycles. The van der Waals surface area contributed by atoms with Crippen LogP contribution in [0.2, 0.25) is 0 Å². The average Bonchev–Trinajstić information content (AvgIpc) is 3.17. The number of fused-ring (bicyclic) bond motifs is 3. The number of carboxylic acids is 1. The summed E-state index contributed by atoms with van der Waals surface area (Å²) in [6.45, 7) is 1.31. The second-order valence-corrected chi connectivity index (χ2v) is 6.17. The topological polar surface area (TPSA) is 111 Å². The van der Waals surface area contributed by atoms with Crippen molar-refractivity contribution in [2.24, 2.45) is 9.98 Å². The summed E-state index contributed by atoms with van der Waals surface area (Å²) >= 11 is 0. The lowest BCUT2D eigenvalue weighted by Gasteiger charge is -2.25. The Bertz CT molecular complexity index is 982. The zero-order valence-electron chi connectivity index (χ0n) is 14.4. The predicted molar refractivity (Wildman–Crippen MR) is 100 cm³/mol. The lowest BCUT2D eigenvalue weighted by atomic mass is 10.1. The quantitative estimate of drug-likeness (QED) is 0.788. The van der Waals surface area contributed by atoms with Gasteiger partial charge >= 0.3 is 5.97 Å². The Kier molecular flexibility index (Phi) is 4.37. The molecule has 2 aliphatic rings. The van der Waals surface area contributed by atoms with Gasteiger partial charge in [-0.25, -0.2) is 9.98 Å². The minimum atomic E-state index is -0.866. The number of nitrogens with zero attached hydrogens (tertiary/aromatic N) is 5. The Hall–Kier alpha value is -3.55. The van der Waals surface area contributed by atoms with Crippen molar-refractivity contribution >= 4 is 29.2 Å². The Morgan fingerprint density at radius 3 is 2.93 bits per heavy atom. The maximum Gasteiger partial charge on any atom is 0.303 e. The number of amidine groups is 2. The van der Waals surface area contributed by atoms with Crippen LogP contribution in [0.3, 0.4) is 0 Å². The van der Waals surface area contributed by atoms with Crippen molar-refractivity contribution in [3.8, 4) is 0 Å². The summed E-state index contributed by atoms with van der Waals surface area (Å²) in [6.07, 6.45) is 5.13. The van der Waals surface area contributed by atoms with Gasteiger partial charge in [0.2, 0.25) is 0 Å². The van der Waals surface area contributed by atoms with Gasteiger partial charge in [0.25, 0.3) is 0 Å². The Labute approximate surface area is 155 Å². The third-order valence-electron chi connectivity index (χ3n) is 4.33. The van der Waals surface area contributed by atoms with Crippen LogP contribution >= 0.6 is 0 Å². The number of carboxylic acid groups (broad SMARTS) is 1. The highest BCUT2D eigenvalue weighted by Gasteiger charge is 2.29. The van der Waals surface area contributed by atoms with E-state index in [9.17, 15) is 9.90 Å². The normalized spacial score (nSPS) is 15.7. The van der Waals surface area contributed by atoms with Crippen LogP contribution in [0.5, 0.6) is 0 Å². The third kappa shape index (κ3) is 3.41. The molecule has 0 saturated heterocycles. The first kappa shape index (κ1) is 16.9. The van der Waals surface area contributed by atoms with E-state index in [1.54, 1.807) is 30.6 Å². The monoisotopic (exact) mass is 363 g/mol. The van der Waals surface area contributed by atoms with Crippen LogP contribution in [-0.4, -0.2) is 55.8 Å². The molecule has 0 fully saturated rings. The third-order valence-corrected chi connectivity index (χ3v) is 4.33. The van der Waals surface area contributed by atoms with Crippen LogP contribution in [0.25, 0.3) is 5.76 Å². The second kappa shape index (κ2) is 6.99. The number of aliphatic carboxylic acids is 1. The highest BCUT2D eigenvalue weighted by atomic mass is 16.4. The summed E-state index contributed by atoms with van der Waals surface area (Å²) in [7, 11) is 0. The molecule has 0 unspecified atom stereocenters. The number of aliphatic hydroxyl groups excluding tert-OH is 1. The van der Waals surface area contributed by atoms with Gasteiger partial charge in [-0.1, -0.05) is 0 Å². The molecule has 4 rings (SSSR count). The number of rotatable bonds is 5. The summed E-state index contributed by atoms with van der Waals surface area (Å²) in [5, 5.41) is 19.3. The molecule has 0 saturated carbocycles. The molecule has 27 heavy (non-hydrogen) atoms.